The molecule has 2 nitrogen and oxygen atoms in total. The van der Waals surface area contributed by atoms with Crippen LogP contribution in [0.25, 0.3) is 0 Å². The number of nitrogens with one attached hydrogen (secondary N) is 1. The molecule has 0 aromatic carbocycles. The molecule has 0 bridgehead atoms. The summed E-state index contributed by atoms with van der Waals surface area (Å²) in [6.45, 7) is 3.37. The van der Waals surface area contributed by atoms with Crippen molar-refractivity contribution in [3.63, 3.8) is 0 Å². The van der Waals surface area contributed by atoms with Crippen LogP contribution in [-0.2, 0) is 22.9 Å². The first-order valence-corrected chi connectivity index (χ1v) is 7.30. The molecule has 0 aliphatic carbocycles. The van der Waals surface area contributed by atoms with Gasteiger partial charge in [-0.1, -0.05) is 0 Å². The molecule has 1 fully saturated rings. The van der Waals surface area contributed by atoms with Crippen LogP contribution in [-0.4, -0.2) is 19.2 Å². The Morgan fingerprint density at radius 1 is 1.47 bits per heavy atom. The Morgan fingerprint density at radius 3 is 2.95 bits per heavy atom. The molecule has 3 rings (SSSR count). The Labute approximate surface area is 114 Å². The van der Waals surface area contributed by atoms with E-state index in [1.165, 1.54) is 6.07 Å². The molecule has 2 aliphatic heterocycles. The topological polar surface area (TPSA) is 21.3 Å². The first kappa shape index (κ1) is 13.4. The van der Waals surface area contributed by atoms with Crippen molar-refractivity contribution in [3.8, 4) is 0 Å². The predicted molar refractivity (Wildman–Crippen MR) is 67.4 cm³/mol. The minimum atomic E-state index is -4.25. The lowest BCUT2D eigenvalue weighted by atomic mass is 9.80. The third-order valence-corrected chi connectivity index (χ3v) is 5.18. The van der Waals surface area contributed by atoms with Crippen LogP contribution in [0.1, 0.15) is 35.1 Å². The average Bonchev–Trinajstić information content (AvgIpc) is 2.74. The third kappa shape index (κ3) is 2.30. The highest BCUT2D eigenvalue weighted by molar-refractivity contribution is 7.12. The lowest BCUT2D eigenvalue weighted by molar-refractivity contribution is -0.134. The predicted octanol–water partition coefficient (Wildman–Crippen LogP) is 3.31. The molecule has 2 atom stereocenters. The molecule has 1 aromatic heterocycles. The zero-order valence-electron chi connectivity index (χ0n) is 10.6. The third-order valence-electron chi connectivity index (χ3n) is 3.94. The molecule has 19 heavy (non-hydrogen) atoms. The fourth-order valence-corrected chi connectivity index (χ4v) is 4.22. The number of fused-ring (bicyclic) bond motifs is 2. The van der Waals surface area contributed by atoms with E-state index in [1.807, 2.05) is 0 Å². The van der Waals surface area contributed by atoms with Crippen LogP contribution in [0, 0.1) is 0 Å². The van der Waals surface area contributed by atoms with E-state index in [0.29, 0.717) is 13.0 Å². The minimum Gasteiger partial charge on any atom is -0.370 e. The number of rotatable bonds is 0. The summed E-state index contributed by atoms with van der Waals surface area (Å²) in [6, 6.07) is 1.59. The normalized spacial score (nSPS) is 31.5. The van der Waals surface area contributed by atoms with Crippen LogP contribution in [0.4, 0.5) is 13.2 Å². The van der Waals surface area contributed by atoms with E-state index in [0.717, 1.165) is 41.2 Å². The van der Waals surface area contributed by atoms with Crippen molar-refractivity contribution < 1.29 is 17.9 Å². The molecule has 1 saturated heterocycles. The summed E-state index contributed by atoms with van der Waals surface area (Å²) in [4.78, 5) is 0.362. The van der Waals surface area contributed by atoms with Gasteiger partial charge in [-0.15, -0.1) is 11.3 Å². The summed E-state index contributed by atoms with van der Waals surface area (Å²) < 4.78 is 44.5. The largest absolute Gasteiger partial charge is 0.425 e. The van der Waals surface area contributed by atoms with Crippen molar-refractivity contribution in [3.05, 3.63) is 21.4 Å². The van der Waals surface area contributed by atoms with Crippen molar-refractivity contribution in [2.24, 2.45) is 0 Å². The molecule has 3 heterocycles. The molecular weight excluding hydrogens is 275 g/mol. The van der Waals surface area contributed by atoms with Crippen molar-refractivity contribution in [2.75, 3.05) is 13.2 Å². The Balaban J connectivity index is 2.02. The lowest BCUT2D eigenvalue weighted by Gasteiger charge is -2.43. The van der Waals surface area contributed by atoms with E-state index < -0.39 is 16.7 Å². The number of ether oxygens (including phenoxy) is 1. The maximum absolute atomic E-state index is 12.9. The standard InChI is InChI=1S/C13H16F3NOS/c1-8-7-12(3-4-17-8)9-6-11(13(14,15)16)19-10(9)2-5-18-12/h6,8,17H,2-5,7H2,1H3/t8-,12+/m0/s1. The molecular formula is C13H16F3NOS. The molecule has 1 spiro atoms. The van der Waals surface area contributed by atoms with E-state index >= 15 is 0 Å². The molecule has 0 unspecified atom stereocenters. The number of hydrogen-bond donors (Lipinski definition) is 1. The van der Waals surface area contributed by atoms with E-state index in [9.17, 15) is 13.2 Å². The van der Waals surface area contributed by atoms with Gasteiger partial charge in [0.15, 0.2) is 0 Å². The lowest BCUT2D eigenvalue weighted by Crippen LogP contribution is -2.48. The van der Waals surface area contributed by atoms with Gasteiger partial charge in [0, 0.05) is 17.3 Å². The first-order valence-electron chi connectivity index (χ1n) is 6.48. The van der Waals surface area contributed by atoms with Gasteiger partial charge in [0.1, 0.15) is 4.88 Å². The molecule has 0 saturated carbocycles. The maximum atomic E-state index is 12.9. The second kappa shape index (κ2) is 4.46. The second-order valence-electron chi connectivity index (χ2n) is 5.35. The van der Waals surface area contributed by atoms with E-state index in [-0.39, 0.29) is 6.04 Å². The molecule has 2 aliphatic rings. The summed E-state index contributed by atoms with van der Waals surface area (Å²) >= 11 is 0.886. The van der Waals surface area contributed by atoms with Crippen LogP contribution >= 0.6 is 11.3 Å². The second-order valence-corrected chi connectivity index (χ2v) is 6.48. The van der Waals surface area contributed by atoms with Gasteiger partial charge < -0.3 is 10.1 Å². The molecule has 0 amide bonds. The van der Waals surface area contributed by atoms with Crippen molar-refractivity contribution in [1.29, 1.82) is 0 Å². The van der Waals surface area contributed by atoms with Crippen molar-refractivity contribution in [2.45, 2.75) is 44.0 Å². The van der Waals surface area contributed by atoms with Gasteiger partial charge in [0.2, 0.25) is 0 Å². The quantitative estimate of drug-likeness (QED) is 0.792. The molecule has 0 radical (unpaired) electrons. The van der Waals surface area contributed by atoms with Crippen molar-refractivity contribution >= 4 is 11.3 Å². The van der Waals surface area contributed by atoms with Gasteiger partial charge in [0.05, 0.1) is 12.2 Å². The fraction of sp³-hybridized carbons (Fsp3) is 0.692. The highest BCUT2D eigenvalue weighted by Crippen LogP contribution is 2.47. The van der Waals surface area contributed by atoms with Gasteiger partial charge >= 0.3 is 6.18 Å². The van der Waals surface area contributed by atoms with Gasteiger partial charge in [0.25, 0.3) is 0 Å². The molecule has 1 aromatic rings. The Kier molecular flexibility index (Phi) is 3.15. The number of piperidine rings is 1. The number of hydrogen-bond acceptors (Lipinski definition) is 3. The SMILES string of the molecule is C[C@H]1C[C@@]2(CCN1)OCCc1sc(C(F)(F)F)cc12. The van der Waals surface area contributed by atoms with Gasteiger partial charge in [-0.3, -0.25) is 0 Å². The van der Waals surface area contributed by atoms with Crippen LogP contribution in [0.2, 0.25) is 0 Å². The zero-order valence-corrected chi connectivity index (χ0v) is 11.5. The zero-order chi connectivity index (χ0) is 13.7. The van der Waals surface area contributed by atoms with Gasteiger partial charge in [-0.05, 0) is 37.9 Å². The summed E-state index contributed by atoms with van der Waals surface area (Å²) in [5, 5.41) is 3.32. The fourth-order valence-electron chi connectivity index (χ4n) is 3.12. The molecule has 106 valence electrons. The highest BCUT2D eigenvalue weighted by Gasteiger charge is 2.44. The van der Waals surface area contributed by atoms with Crippen LogP contribution in [0.5, 0.6) is 0 Å². The molecule has 1 N–H and O–H groups in total. The van der Waals surface area contributed by atoms with Crippen LogP contribution < -0.4 is 5.32 Å². The van der Waals surface area contributed by atoms with E-state index in [1.54, 1.807) is 0 Å². The number of alkyl halides is 3. The van der Waals surface area contributed by atoms with E-state index in [4.69, 9.17) is 4.74 Å². The number of halogens is 3. The van der Waals surface area contributed by atoms with Crippen LogP contribution in [0.3, 0.4) is 0 Å². The van der Waals surface area contributed by atoms with Crippen molar-refractivity contribution in [1.82, 2.24) is 5.32 Å². The summed E-state index contributed by atoms with van der Waals surface area (Å²) in [5.41, 5.74) is 0.280. The Bertz CT molecular complexity index is 485. The first-order chi connectivity index (χ1) is 8.91. The minimum absolute atomic E-state index is 0.272. The van der Waals surface area contributed by atoms with Gasteiger partial charge in [-0.2, -0.15) is 13.2 Å². The van der Waals surface area contributed by atoms with Crippen LogP contribution in [0.15, 0.2) is 6.07 Å². The number of thiophene rings is 1. The Hall–Kier alpha value is -0.590. The average molecular weight is 291 g/mol. The van der Waals surface area contributed by atoms with Gasteiger partial charge in [-0.25, -0.2) is 0 Å². The summed E-state index contributed by atoms with van der Waals surface area (Å²) in [6.07, 6.45) is -2.16. The summed E-state index contributed by atoms with van der Waals surface area (Å²) in [5.74, 6) is 0. The monoisotopic (exact) mass is 291 g/mol. The summed E-state index contributed by atoms with van der Waals surface area (Å²) in [7, 11) is 0. The van der Waals surface area contributed by atoms with E-state index in [2.05, 4.69) is 12.2 Å². The smallest absolute Gasteiger partial charge is 0.370 e. The maximum Gasteiger partial charge on any atom is 0.425 e. The Morgan fingerprint density at radius 2 is 2.26 bits per heavy atom. The highest BCUT2D eigenvalue weighted by atomic mass is 32.1. The molecule has 6 heteroatoms.